The minimum absolute atomic E-state index is 0.272. The van der Waals surface area contributed by atoms with Gasteiger partial charge in [-0.25, -0.2) is 12.8 Å². The summed E-state index contributed by atoms with van der Waals surface area (Å²) in [6.45, 7) is 5.45. The Morgan fingerprint density at radius 3 is 2.39 bits per heavy atom. The Hall–Kier alpha value is -1.51. The highest BCUT2D eigenvalue weighted by atomic mass is 32.2. The Morgan fingerprint density at radius 1 is 1.26 bits per heavy atom. The van der Waals surface area contributed by atoms with Crippen molar-refractivity contribution >= 4 is 15.9 Å². The zero-order valence-electron chi connectivity index (χ0n) is 13.7. The molecule has 23 heavy (non-hydrogen) atoms. The third kappa shape index (κ3) is 5.56. The lowest BCUT2D eigenvalue weighted by atomic mass is 10.0. The molecule has 8 heteroatoms. The van der Waals surface area contributed by atoms with Crippen molar-refractivity contribution in [3.8, 4) is 0 Å². The SMILES string of the molecule is COCC(C)NC(=O)C(NS(=O)(=O)c1ccccc1F)C(C)C. The summed E-state index contributed by atoms with van der Waals surface area (Å²) in [5.41, 5.74) is 0. The molecule has 0 bridgehead atoms. The molecular weight excluding hydrogens is 323 g/mol. The number of nitrogens with one attached hydrogen (secondary N) is 2. The Morgan fingerprint density at radius 2 is 1.87 bits per heavy atom. The first kappa shape index (κ1) is 19.5. The largest absolute Gasteiger partial charge is 0.383 e. The van der Waals surface area contributed by atoms with Crippen LogP contribution in [0.2, 0.25) is 0 Å². The lowest BCUT2D eigenvalue weighted by Crippen LogP contribution is -2.52. The summed E-state index contributed by atoms with van der Waals surface area (Å²) in [5, 5.41) is 2.67. The molecular formula is C15H23FN2O4S. The highest BCUT2D eigenvalue weighted by Gasteiger charge is 2.30. The van der Waals surface area contributed by atoms with E-state index in [1.165, 1.54) is 19.2 Å². The van der Waals surface area contributed by atoms with Crippen LogP contribution in [0.1, 0.15) is 20.8 Å². The van der Waals surface area contributed by atoms with E-state index in [1.807, 2.05) is 0 Å². The first-order chi connectivity index (χ1) is 10.7. The number of ether oxygens (including phenoxy) is 1. The van der Waals surface area contributed by atoms with Crippen molar-refractivity contribution in [2.75, 3.05) is 13.7 Å². The molecule has 1 amide bonds. The molecule has 0 fully saturated rings. The zero-order valence-corrected chi connectivity index (χ0v) is 14.5. The summed E-state index contributed by atoms with van der Waals surface area (Å²) in [5.74, 6) is -1.66. The van der Waals surface area contributed by atoms with E-state index in [1.54, 1.807) is 20.8 Å². The van der Waals surface area contributed by atoms with Gasteiger partial charge in [-0.05, 0) is 25.0 Å². The monoisotopic (exact) mass is 346 g/mol. The van der Waals surface area contributed by atoms with E-state index in [2.05, 4.69) is 10.0 Å². The molecule has 0 aromatic heterocycles. The molecule has 2 atom stereocenters. The van der Waals surface area contributed by atoms with Crippen LogP contribution in [-0.4, -0.2) is 40.1 Å². The van der Waals surface area contributed by atoms with Gasteiger partial charge in [0.2, 0.25) is 15.9 Å². The number of amides is 1. The van der Waals surface area contributed by atoms with E-state index in [4.69, 9.17) is 4.74 Å². The van der Waals surface area contributed by atoms with Gasteiger partial charge in [0.15, 0.2) is 0 Å². The number of halogens is 1. The maximum absolute atomic E-state index is 13.7. The number of sulfonamides is 1. The number of rotatable bonds is 8. The standard InChI is InChI=1S/C15H23FN2O4S/c1-10(2)14(15(19)17-11(3)9-22-4)18-23(20,21)13-8-6-5-7-12(13)16/h5-8,10-11,14,18H,9H2,1-4H3,(H,17,19). The summed E-state index contributed by atoms with van der Waals surface area (Å²) in [6.07, 6.45) is 0. The van der Waals surface area contributed by atoms with E-state index in [-0.39, 0.29) is 12.0 Å². The molecule has 0 aliphatic rings. The third-order valence-corrected chi connectivity index (χ3v) is 4.64. The molecule has 2 N–H and O–H groups in total. The van der Waals surface area contributed by atoms with Gasteiger partial charge in [0, 0.05) is 13.2 Å². The van der Waals surface area contributed by atoms with Gasteiger partial charge in [-0.15, -0.1) is 0 Å². The van der Waals surface area contributed by atoms with Crippen LogP contribution in [0.25, 0.3) is 0 Å². The molecule has 0 aliphatic carbocycles. The number of methoxy groups -OCH3 is 1. The number of hydrogen-bond acceptors (Lipinski definition) is 4. The zero-order chi connectivity index (χ0) is 17.6. The number of hydrogen-bond donors (Lipinski definition) is 2. The van der Waals surface area contributed by atoms with E-state index < -0.39 is 32.7 Å². The number of carbonyl (C=O) groups is 1. The predicted octanol–water partition coefficient (Wildman–Crippen LogP) is 1.28. The van der Waals surface area contributed by atoms with Gasteiger partial charge in [-0.3, -0.25) is 4.79 Å². The fourth-order valence-corrected chi connectivity index (χ4v) is 3.43. The van der Waals surface area contributed by atoms with Gasteiger partial charge < -0.3 is 10.1 Å². The summed E-state index contributed by atoms with van der Waals surface area (Å²) in [7, 11) is -2.64. The van der Waals surface area contributed by atoms with Crippen LogP contribution in [0.3, 0.4) is 0 Å². The lowest BCUT2D eigenvalue weighted by Gasteiger charge is -2.23. The average molecular weight is 346 g/mol. The Bertz CT molecular complexity index is 634. The molecule has 6 nitrogen and oxygen atoms in total. The summed E-state index contributed by atoms with van der Waals surface area (Å²) >= 11 is 0. The maximum atomic E-state index is 13.7. The molecule has 130 valence electrons. The molecule has 1 aromatic carbocycles. The quantitative estimate of drug-likeness (QED) is 0.743. The summed E-state index contributed by atoms with van der Waals surface area (Å²) in [4.78, 5) is 11.8. The van der Waals surface area contributed by atoms with Crippen molar-refractivity contribution in [2.45, 2.75) is 37.8 Å². The van der Waals surface area contributed by atoms with Crippen LogP contribution < -0.4 is 10.0 Å². The molecule has 1 aromatic rings. The molecule has 0 radical (unpaired) electrons. The normalized spacial score (nSPS) is 14.5. The average Bonchev–Trinajstić information content (AvgIpc) is 2.44. The minimum atomic E-state index is -4.15. The van der Waals surface area contributed by atoms with Gasteiger partial charge in [-0.1, -0.05) is 26.0 Å². The molecule has 0 saturated heterocycles. The molecule has 1 rings (SSSR count). The second kappa shape index (κ2) is 8.37. The van der Waals surface area contributed by atoms with Crippen molar-refractivity contribution in [1.29, 1.82) is 0 Å². The molecule has 0 heterocycles. The second-order valence-corrected chi connectivity index (χ2v) is 7.32. The van der Waals surface area contributed by atoms with Crippen molar-refractivity contribution in [2.24, 2.45) is 5.92 Å². The topological polar surface area (TPSA) is 84.5 Å². The first-order valence-corrected chi connectivity index (χ1v) is 8.73. The van der Waals surface area contributed by atoms with E-state index >= 15 is 0 Å². The van der Waals surface area contributed by atoms with Crippen LogP contribution >= 0.6 is 0 Å². The molecule has 0 saturated carbocycles. The fourth-order valence-electron chi connectivity index (χ4n) is 2.01. The van der Waals surface area contributed by atoms with Crippen molar-refractivity contribution < 1.29 is 22.3 Å². The smallest absolute Gasteiger partial charge is 0.244 e. The van der Waals surface area contributed by atoms with Crippen molar-refractivity contribution in [1.82, 2.24) is 10.0 Å². The summed E-state index contributed by atoms with van der Waals surface area (Å²) in [6, 6.07) is 3.74. The fraction of sp³-hybridized carbons (Fsp3) is 0.533. The van der Waals surface area contributed by atoms with E-state index in [9.17, 15) is 17.6 Å². The number of carbonyl (C=O) groups excluding carboxylic acids is 1. The van der Waals surface area contributed by atoms with Crippen LogP contribution in [0, 0.1) is 11.7 Å². The highest BCUT2D eigenvalue weighted by molar-refractivity contribution is 7.89. The minimum Gasteiger partial charge on any atom is -0.383 e. The molecule has 2 unspecified atom stereocenters. The molecule has 0 spiro atoms. The van der Waals surface area contributed by atoms with Gasteiger partial charge >= 0.3 is 0 Å². The van der Waals surface area contributed by atoms with Gasteiger partial charge in [-0.2, -0.15) is 4.72 Å². The molecule has 0 aliphatic heterocycles. The van der Waals surface area contributed by atoms with E-state index in [0.717, 1.165) is 12.1 Å². The maximum Gasteiger partial charge on any atom is 0.244 e. The Balaban J connectivity index is 2.95. The lowest BCUT2D eigenvalue weighted by molar-refractivity contribution is -0.124. The van der Waals surface area contributed by atoms with Crippen LogP contribution in [0.4, 0.5) is 4.39 Å². The van der Waals surface area contributed by atoms with Crippen molar-refractivity contribution in [3.63, 3.8) is 0 Å². The van der Waals surface area contributed by atoms with E-state index in [0.29, 0.717) is 6.61 Å². The van der Waals surface area contributed by atoms with Crippen LogP contribution in [0.15, 0.2) is 29.2 Å². The van der Waals surface area contributed by atoms with Gasteiger partial charge in [0.05, 0.1) is 6.61 Å². The van der Waals surface area contributed by atoms with Gasteiger partial charge in [0.1, 0.15) is 16.8 Å². The third-order valence-electron chi connectivity index (χ3n) is 3.16. The Labute approximate surface area is 136 Å². The predicted molar refractivity (Wildman–Crippen MR) is 84.8 cm³/mol. The van der Waals surface area contributed by atoms with Gasteiger partial charge in [0.25, 0.3) is 0 Å². The number of benzene rings is 1. The van der Waals surface area contributed by atoms with Crippen LogP contribution in [-0.2, 0) is 19.6 Å². The first-order valence-electron chi connectivity index (χ1n) is 7.25. The Kier molecular flexibility index (Phi) is 7.11. The van der Waals surface area contributed by atoms with Crippen LogP contribution in [0.5, 0.6) is 0 Å². The highest BCUT2D eigenvalue weighted by Crippen LogP contribution is 2.15. The van der Waals surface area contributed by atoms with Crippen molar-refractivity contribution in [3.05, 3.63) is 30.1 Å². The summed E-state index contributed by atoms with van der Waals surface area (Å²) < 4.78 is 45.6. The second-order valence-electron chi connectivity index (χ2n) is 5.64.